The zero-order valence-electron chi connectivity index (χ0n) is 36.1. The maximum absolute atomic E-state index is 13.1. The van der Waals surface area contributed by atoms with Crippen molar-refractivity contribution >= 4 is 104 Å². The van der Waals surface area contributed by atoms with Gasteiger partial charge in [0.25, 0.3) is 0 Å². The molecule has 0 aliphatic heterocycles. The molecule has 0 bridgehead atoms. The second-order valence-electron chi connectivity index (χ2n) is 11.7. The Kier molecular flexibility index (Phi) is 29.0. The van der Waals surface area contributed by atoms with Gasteiger partial charge in [-0.05, 0) is 36.1 Å². The van der Waals surface area contributed by atoms with E-state index in [9.17, 15) is 58.4 Å². The van der Waals surface area contributed by atoms with Gasteiger partial charge in [0, 0.05) is 18.2 Å². The number of sulfone groups is 2. The minimum absolute atomic E-state index is 0. The summed E-state index contributed by atoms with van der Waals surface area (Å²) in [5.41, 5.74) is 3.80. The number of methoxy groups -OCH3 is 3. The summed E-state index contributed by atoms with van der Waals surface area (Å²) in [6, 6.07) is 6.01. The summed E-state index contributed by atoms with van der Waals surface area (Å²) in [4.78, 5) is -2.17. The molecule has 0 aromatic heterocycles. The van der Waals surface area contributed by atoms with Crippen LogP contribution in [-0.4, -0.2) is 93.9 Å². The number of fused-ring (bicyclic) bond motifs is 1. The summed E-state index contributed by atoms with van der Waals surface area (Å²) in [5, 5.41) is 53.9. The van der Waals surface area contributed by atoms with Gasteiger partial charge in [0.1, 0.15) is 55.0 Å². The Balaban J connectivity index is 0.0000109. The van der Waals surface area contributed by atoms with Crippen LogP contribution in [0.4, 0.5) is 28.4 Å². The van der Waals surface area contributed by atoms with Crippen molar-refractivity contribution in [2.75, 3.05) is 51.8 Å². The number of ether oxygens (including phenoxy) is 3. The van der Waals surface area contributed by atoms with Crippen LogP contribution in [0.3, 0.4) is 0 Å². The number of rotatable bonds is 23. The fourth-order valence-corrected chi connectivity index (χ4v) is 9.78. The Morgan fingerprint density at radius 1 is 0.657 bits per heavy atom. The van der Waals surface area contributed by atoms with Crippen LogP contribution >= 0.6 is 24.4 Å². The molecule has 0 radical (unpaired) electrons. The third-order valence-electron chi connectivity index (χ3n) is 7.98. The summed E-state index contributed by atoms with van der Waals surface area (Å²) >= 11 is 0.236. The number of hydrogen-bond donors (Lipinski definition) is 2. The van der Waals surface area contributed by atoms with Gasteiger partial charge in [-0.15, -0.1) is 24.8 Å². The van der Waals surface area contributed by atoms with E-state index in [2.05, 4.69) is 43.4 Å². The number of aromatic hydroxyl groups is 1. The van der Waals surface area contributed by atoms with Crippen molar-refractivity contribution in [1.29, 1.82) is 0 Å². The van der Waals surface area contributed by atoms with E-state index >= 15 is 0 Å². The van der Waals surface area contributed by atoms with E-state index in [1.165, 1.54) is 6.92 Å². The number of phenolic OH excluding ortho intramolecular Hbond substituents is 1. The predicted octanol–water partition coefficient (Wildman–Crippen LogP) is -9.73. The number of phenols is 1. The fourth-order valence-electron chi connectivity index (χ4n) is 5.30. The van der Waals surface area contributed by atoms with Crippen molar-refractivity contribution < 1.29 is 218 Å². The van der Waals surface area contributed by atoms with Crippen molar-refractivity contribution in [3.63, 3.8) is 0 Å². The van der Waals surface area contributed by atoms with Crippen molar-refractivity contribution in [3.8, 4) is 23.0 Å². The van der Waals surface area contributed by atoms with Gasteiger partial charge in [0.05, 0.1) is 83.9 Å². The molecule has 0 saturated heterocycles. The Morgan fingerprint density at radius 2 is 1.18 bits per heavy atom. The van der Waals surface area contributed by atoms with Crippen LogP contribution in [0.25, 0.3) is 10.8 Å². The smallest absolute Gasteiger partial charge is 0.744 e. The van der Waals surface area contributed by atoms with E-state index in [0.29, 0.717) is 0 Å². The summed E-state index contributed by atoms with van der Waals surface area (Å²) in [6.45, 7) is -0.172. The molecule has 4 aromatic carbocycles. The minimum Gasteiger partial charge on any atom is -0.744 e. The van der Waals surface area contributed by atoms with Crippen LogP contribution in [0.1, 0.15) is 5.56 Å². The summed E-state index contributed by atoms with van der Waals surface area (Å²) in [6.07, 6.45) is 0. The molecule has 0 fully saturated rings. The normalized spacial score (nSPS) is 12.0. The Morgan fingerprint density at radius 3 is 1.72 bits per heavy atom. The molecule has 0 atom stereocenters. The summed E-state index contributed by atoms with van der Waals surface area (Å²) < 4.78 is 155. The molecule has 0 aliphatic rings. The Bertz CT molecular complexity index is 2880. The van der Waals surface area contributed by atoms with Crippen molar-refractivity contribution in [3.05, 3.63) is 42.0 Å². The topological polar surface area (TPSA) is 408 Å². The first-order chi connectivity index (χ1) is 29.5. The summed E-state index contributed by atoms with van der Waals surface area (Å²) in [5.74, 6) is -3.24. The summed E-state index contributed by atoms with van der Waals surface area (Å²) in [7, 11) is -15.7. The average Bonchev–Trinajstić information content (AvgIpc) is 3.20. The standard InChI is InChI=1S/C30H33N5O22S6.4Na/c1-15-9-17(19(49-2)13-23(15)60(39,40)8-6-53-63(46,47)48)32-35-29-25(62(43,44)45)11-16-10-22(58-56-54-37)28(30(36)26(16)27(29)31)34-33-18-12-21(51-4)24(14-20(18)50-3)61(41,42)7-5-52-59-57-55-38;;;;/h9-14,36-38H,5-8,31H2,1-4H3,(H,43,44,45)(H,46,47,48);;;;/q;4*+1/p-4. The molecule has 4 aromatic rings. The average molecular weight is 1100 g/mol. The zero-order valence-corrected chi connectivity index (χ0v) is 49.0. The van der Waals surface area contributed by atoms with Gasteiger partial charge in [0.15, 0.2) is 37.7 Å². The molecule has 37 heteroatoms. The monoisotopic (exact) mass is 1090 g/mol. The van der Waals surface area contributed by atoms with Crippen molar-refractivity contribution in [2.24, 2.45) is 20.5 Å². The number of hydrogen-bond acceptors (Lipinski definition) is 29. The van der Waals surface area contributed by atoms with Crippen LogP contribution in [0.15, 0.2) is 76.4 Å². The molecule has 67 heavy (non-hydrogen) atoms. The van der Waals surface area contributed by atoms with Gasteiger partial charge in [-0.25, -0.2) is 33.7 Å². The third-order valence-corrected chi connectivity index (χ3v) is 13.8. The molecule has 27 nitrogen and oxygen atoms in total. The van der Waals surface area contributed by atoms with Crippen LogP contribution in [0, 0.1) is 6.92 Å². The maximum atomic E-state index is 13.1. The van der Waals surface area contributed by atoms with Crippen molar-refractivity contribution in [1.82, 2.24) is 0 Å². The number of benzene rings is 4. The molecule has 0 amide bonds. The molecule has 0 saturated carbocycles. The largest absolute Gasteiger partial charge is 1.00 e. The van der Waals surface area contributed by atoms with Gasteiger partial charge >= 0.3 is 118 Å². The van der Waals surface area contributed by atoms with E-state index in [1.807, 2.05) is 0 Å². The number of nitrogens with two attached hydrogens (primary N) is 1. The Labute approximate surface area is 479 Å². The fraction of sp³-hybridized carbons (Fsp3) is 0.267. The molecule has 0 unspecified atom stereocenters. The second-order valence-corrected chi connectivity index (χ2v) is 19.5. The van der Waals surface area contributed by atoms with E-state index in [4.69, 9.17) is 24.1 Å². The van der Waals surface area contributed by atoms with Gasteiger partial charge in [0.2, 0.25) is 10.4 Å². The second kappa shape index (κ2) is 29.2. The first-order valence-electron chi connectivity index (χ1n) is 16.3. The van der Waals surface area contributed by atoms with E-state index in [1.54, 1.807) is 0 Å². The molecular formula is C30H29N5Na4O22S6. The van der Waals surface area contributed by atoms with E-state index < -0.39 is 108 Å². The van der Waals surface area contributed by atoms with Crippen LogP contribution < -0.4 is 149 Å². The number of azo groups is 2. The van der Waals surface area contributed by atoms with Gasteiger partial charge < -0.3 is 44.7 Å². The predicted molar refractivity (Wildman–Crippen MR) is 207 cm³/mol. The zero-order chi connectivity index (χ0) is 46.9. The first-order valence-corrected chi connectivity index (χ1v) is 23.8. The third kappa shape index (κ3) is 17.9. The van der Waals surface area contributed by atoms with Crippen LogP contribution in [0.2, 0.25) is 0 Å². The molecule has 0 heterocycles. The van der Waals surface area contributed by atoms with Crippen molar-refractivity contribution in [2.45, 2.75) is 26.5 Å². The number of aryl methyl sites for hydroxylation is 1. The van der Waals surface area contributed by atoms with Gasteiger partial charge in [-0.1, -0.05) is 0 Å². The molecular weight excluding hydrogens is 1070 g/mol. The Hall–Kier alpha value is -0.560. The minimum atomic E-state index is -5.46. The van der Waals surface area contributed by atoms with E-state index in [0.717, 1.165) is 57.7 Å². The molecule has 346 valence electrons. The molecule has 0 spiro atoms. The van der Waals surface area contributed by atoms with Gasteiger partial charge in [-0.2, -0.15) is 4.33 Å². The van der Waals surface area contributed by atoms with E-state index in [-0.39, 0.29) is 187 Å². The number of anilines is 1. The molecule has 4 rings (SSSR count). The maximum Gasteiger partial charge on any atom is 1.00 e. The first kappa shape index (κ1) is 66.4. The van der Waals surface area contributed by atoms with Crippen LogP contribution in [0.5, 0.6) is 23.0 Å². The van der Waals surface area contributed by atoms with Crippen LogP contribution in [-0.2, 0) is 67.3 Å². The number of nitrogen functional groups attached to an aromatic ring is 1. The molecule has 3 N–H and O–H groups in total. The SMILES string of the molecule is COc1cc(S(=O)(=O)CCOS(=O)(=O)[O-])c(C)cc1N=Nc1c(S(=O)(=O)[O-])cc2cc(SOO[O-])c(N=Nc3cc(OC)c(S(=O)(=O)CCOSOO[O-])cc3OC)c(O)c2c1N.[Na+].[Na+].[Na+].[Na+]. The molecule has 0 aliphatic carbocycles. The quantitative estimate of drug-likeness (QED) is 0.00801. The van der Waals surface area contributed by atoms with Gasteiger partial charge in [-0.3, -0.25) is 18.4 Å². The number of nitrogens with zero attached hydrogens (tertiary/aromatic N) is 4.